The van der Waals surface area contributed by atoms with Gasteiger partial charge in [-0.15, -0.1) is 22.7 Å². The number of thiophene rings is 2. The van der Waals surface area contributed by atoms with E-state index in [2.05, 4.69) is 35.1 Å². The van der Waals surface area contributed by atoms with Crippen LogP contribution in [-0.4, -0.2) is 42.1 Å². The van der Waals surface area contributed by atoms with Gasteiger partial charge in [-0.05, 0) is 43.0 Å². The predicted molar refractivity (Wildman–Crippen MR) is 115 cm³/mol. The first-order valence-electron chi connectivity index (χ1n) is 9.32. The van der Waals surface area contributed by atoms with Gasteiger partial charge < -0.3 is 10.1 Å². The number of nitrogens with one attached hydrogen (secondary N) is 1. The number of hydrogen-bond acceptors (Lipinski definition) is 6. The Morgan fingerprint density at radius 3 is 2.71 bits per heavy atom. The fraction of sp³-hybridized carbons (Fsp3) is 0.333. The topological polar surface area (TPSA) is 54.5 Å². The number of hydrogen-bond donors (Lipinski definition) is 1. The molecule has 0 radical (unpaired) electrons. The maximum atomic E-state index is 12.7. The third-order valence-corrected chi connectivity index (χ3v) is 7.06. The van der Waals surface area contributed by atoms with Crippen molar-refractivity contribution in [1.29, 1.82) is 0 Å². The summed E-state index contributed by atoms with van der Waals surface area (Å²) in [5.74, 6) is -0.0563. The lowest BCUT2D eigenvalue weighted by atomic mass is 9.98. The molecule has 1 amide bonds. The molecule has 4 rings (SSSR count). The lowest BCUT2D eigenvalue weighted by Crippen LogP contribution is -2.40. The number of aromatic nitrogens is 1. The third-order valence-electron chi connectivity index (χ3n) is 5.06. The molecular weight excluding hydrogens is 390 g/mol. The summed E-state index contributed by atoms with van der Waals surface area (Å²) in [5.41, 5.74) is 3.36. The maximum Gasteiger partial charge on any atom is 0.266 e. The van der Waals surface area contributed by atoms with Crippen LogP contribution in [-0.2, 0) is 4.74 Å². The van der Waals surface area contributed by atoms with Crippen molar-refractivity contribution in [1.82, 2.24) is 9.88 Å². The summed E-state index contributed by atoms with van der Waals surface area (Å²) in [4.78, 5) is 21.7. The van der Waals surface area contributed by atoms with Crippen LogP contribution in [0.5, 0.6) is 0 Å². The van der Waals surface area contributed by atoms with E-state index < -0.39 is 0 Å². The van der Waals surface area contributed by atoms with Gasteiger partial charge in [0.2, 0.25) is 0 Å². The second-order valence-corrected chi connectivity index (χ2v) is 8.94. The second kappa shape index (κ2) is 8.53. The number of morpholine rings is 1. The van der Waals surface area contributed by atoms with E-state index in [1.807, 2.05) is 35.8 Å². The van der Waals surface area contributed by atoms with E-state index in [1.165, 1.54) is 21.8 Å². The first kappa shape index (κ1) is 19.3. The number of nitrogens with zero attached hydrogens (tertiary/aromatic N) is 2. The molecule has 0 spiro atoms. The fourth-order valence-electron chi connectivity index (χ4n) is 3.53. The van der Waals surface area contributed by atoms with Crippen molar-refractivity contribution in [3.63, 3.8) is 0 Å². The van der Waals surface area contributed by atoms with Crippen molar-refractivity contribution in [3.8, 4) is 0 Å². The molecule has 1 fully saturated rings. The molecule has 7 heteroatoms. The molecule has 1 aliphatic heterocycles. The predicted octanol–water partition coefficient (Wildman–Crippen LogP) is 4.50. The Balaban J connectivity index is 1.76. The van der Waals surface area contributed by atoms with E-state index in [0.717, 1.165) is 34.2 Å². The molecule has 146 valence electrons. The van der Waals surface area contributed by atoms with Crippen molar-refractivity contribution >= 4 is 33.6 Å². The minimum atomic E-state index is -0.0563. The Bertz CT molecular complexity index is 932. The van der Waals surface area contributed by atoms with Crippen molar-refractivity contribution < 1.29 is 9.53 Å². The zero-order valence-corrected chi connectivity index (χ0v) is 17.6. The van der Waals surface area contributed by atoms with E-state index in [0.29, 0.717) is 13.2 Å². The molecule has 5 nitrogen and oxygen atoms in total. The molecule has 0 aromatic carbocycles. The number of pyridine rings is 1. The summed E-state index contributed by atoms with van der Waals surface area (Å²) in [6, 6.07) is 9.77. The average Bonchev–Trinajstić information content (AvgIpc) is 3.35. The molecule has 28 heavy (non-hydrogen) atoms. The first-order valence-corrected chi connectivity index (χ1v) is 11.0. The average molecular weight is 414 g/mol. The van der Waals surface area contributed by atoms with E-state index >= 15 is 0 Å². The van der Waals surface area contributed by atoms with Gasteiger partial charge in [0.05, 0.1) is 29.8 Å². The van der Waals surface area contributed by atoms with Crippen molar-refractivity contribution in [3.05, 3.63) is 68.5 Å². The normalized spacial score (nSPS) is 16.1. The van der Waals surface area contributed by atoms with Gasteiger partial charge in [0.25, 0.3) is 5.91 Å². The van der Waals surface area contributed by atoms with Gasteiger partial charge in [0, 0.05) is 29.7 Å². The van der Waals surface area contributed by atoms with E-state index in [1.54, 1.807) is 11.3 Å². The maximum absolute atomic E-state index is 12.7. The molecule has 0 saturated carbocycles. The van der Waals surface area contributed by atoms with Crippen LogP contribution in [0.25, 0.3) is 0 Å². The van der Waals surface area contributed by atoms with E-state index in [-0.39, 0.29) is 11.9 Å². The van der Waals surface area contributed by atoms with Gasteiger partial charge in [-0.1, -0.05) is 12.1 Å². The van der Waals surface area contributed by atoms with Crippen molar-refractivity contribution in [2.24, 2.45) is 0 Å². The van der Waals surface area contributed by atoms with Gasteiger partial charge in [0.15, 0.2) is 0 Å². The Hall–Kier alpha value is -2.06. The summed E-state index contributed by atoms with van der Waals surface area (Å²) >= 11 is 3.09. The molecule has 1 unspecified atom stereocenters. The molecule has 0 aliphatic carbocycles. The summed E-state index contributed by atoms with van der Waals surface area (Å²) in [6.45, 7) is 7.35. The summed E-state index contributed by atoms with van der Waals surface area (Å²) in [6.07, 6.45) is 1.83. The molecule has 0 bridgehead atoms. The molecule has 4 heterocycles. The van der Waals surface area contributed by atoms with Crippen LogP contribution in [0.15, 0.2) is 41.9 Å². The quantitative estimate of drug-likeness (QED) is 0.669. The van der Waals surface area contributed by atoms with Gasteiger partial charge in [-0.3, -0.25) is 14.7 Å². The van der Waals surface area contributed by atoms with Crippen LogP contribution in [0.4, 0.5) is 5.00 Å². The molecular formula is C21H23N3O2S2. The number of carbonyl (C=O) groups excluding carboxylic acids is 1. The SMILES string of the molecule is Cc1sc(NC(=O)c2cccs2)c(C(c2ccccn2)N2CCOCC2)c1C. The molecule has 1 aliphatic rings. The minimum absolute atomic E-state index is 0.00585. The lowest BCUT2D eigenvalue weighted by Gasteiger charge is -2.35. The Kier molecular flexibility index (Phi) is 5.87. The molecule has 3 aromatic rings. The number of rotatable bonds is 5. The zero-order chi connectivity index (χ0) is 19.5. The van der Waals surface area contributed by atoms with Crippen LogP contribution >= 0.6 is 22.7 Å². The second-order valence-electron chi connectivity index (χ2n) is 6.76. The monoisotopic (exact) mass is 413 g/mol. The van der Waals surface area contributed by atoms with Crippen LogP contribution in [0.1, 0.15) is 37.4 Å². The number of ether oxygens (including phenoxy) is 1. The lowest BCUT2D eigenvalue weighted by molar-refractivity contribution is 0.0233. The van der Waals surface area contributed by atoms with E-state index in [4.69, 9.17) is 4.74 Å². The summed E-state index contributed by atoms with van der Waals surface area (Å²) in [7, 11) is 0. The minimum Gasteiger partial charge on any atom is -0.379 e. The third kappa shape index (κ3) is 3.89. The Morgan fingerprint density at radius 2 is 2.04 bits per heavy atom. The number of amides is 1. The van der Waals surface area contributed by atoms with Crippen LogP contribution in [0.3, 0.4) is 0 Å². The van der Waals surface area contributed by atoms with Gasteiger partial charge in [-0.2, -0.15) is 0 Å². The van der Waals surface area contributed by atoms with Gasteiger partial charge in [-0.25, -0.2) is 0 Å². The first-order chi connectivity index (χ1) is 13.6. The van der Waals surface area contributed by atoms with Crippen molar-refractivity contribution in [2.75, 3.05) is 31.6 Å². The molecule has 3 aromatic heterocycles. The Labute approximate surface area is 173 Å². The summed E-state index contributed by atoms with van der Waals surface area (Å²) in [5, 5.41) is 6.00. The highest BCUT2D eigenvalue weighted by Gasteiger charge is 2.31. The van der Waals surface area contributed by atoms with Crippen molar-refractivity contribution in [2.45, 2.75) is 19.9 Å². The van der Waals surface area contributed by atoms with Gasteiger partial charge in [0.1, 0.15) is 5.00 Å². The molecule has 1 atom stereocenters. The van der Waals surface area contributed by atoms with Crippen LogP contribution in [0, 0.1) is 13.8 Å². The highest BCUT2D eigenvalue weighted by atomic mass is 32.1. The molecule has 1 N–H and O–H groups in total. The largest absolute Gasteiger partial charge is 0.379 e. The number of aryl methyl sites for hydroxylation is 1. The fourth-order valence-corrected chi connectivity index (χ4v) is 5.24. The Morgan fingerprint density at radius 1 is 1.21 bits per heavy atom. The standard InChI is InChI=1S/C21H23N3O2S2/c1-14-15(2)28-21(23-20(25)17-7-5-13-27-17)18(14)19(16-6-3-4-8-22-16)24-9-11-26-12-10-24/h3-8,13,19H,9-12H2,1-2H3,(H,23,25). The molecule has 1 saturated heterocycles. The van der Waals surface area contributed by atoms with Gasteiger partial charge >= 0.3 is 0 Å². The number of anilines is 1. The smallest absolute Gasteiger partial charge is 0.266 e. The van der Waals surface area contributed by atoms with Crippen LogP contribution in [0.2, 0.25) is 0 Å². The zero-order valence-electron chi connectivity index (χ0n) is 16.0. The highest BCUT2D eigenvalue weighted by molar-refractivity contribution is 7.17. The van der Waals surface area contributed by atoms with Crippen LogP contribution < -0.4 is 5.32 Å². The van der Waals surface area contributed by atoms with E-state index in [9.17, 15) is 4.79 Å². The number of carbonyl (C=O) groups is 1. The summed E-state index contributed by atoms with van der Waals surface area (Å²) < 4.78 is 5.57. The highest BCUT2D eigenvalue weighted by Crippen LogP contribution is 2.42.